The molecule has 3 aromatic heterocycles. The van der Waals surface area contributed by atoms with Crippen LogP contribution in [0.1, 0.15) is 0 Å². The minimum absolute atomic E-state index is 0.606. The zero-order chi connectivity index (χ0) is 30.4. The van der Waals surface area contributed by atoms with Gasteiger partial charge < -0.3 is 13.6 Å². The van der Waals surface area contributed by atoms with Gasteiger partial charge in [0, 0.05) is 21.2 Å². The molecule has 0 unspecified atom stereocenters. The van der Waals surface area contributed by atoms with E-state index in [2.05, 4.69) is 65.6 Å². The summed E-state index contributed by atoms with van der Waals surface area (Å²) in [6, 6.07) is 35.2. The number of anilines is 3. The monoisotopic (exact) mass is 659 g/mol. The van der Waals surface area contributed by atoms with Crippen molar-refractivity contribution >= 4 is 95.2 Å². The van der Waals surface area contributed by atoms with Crippen molar-refractivity contribution in [3.8, 4) is 33.5 Å². The Labute approximate surface area is 278 Å². The Morgan fingerprint density at radius 3 is 2.28 bits per heavy atom. The average Bonchev–Trinajstić information content (AvgIpc) is 3.83. The van der Waals surface area contributed by atoms with Crippen LogP contribution in [0.25, 0.3) is 65.3 Å². The van der Waals surface area contributed by atoms with E-state index < -0.39 is 0 Å². The van der Waals surface area contributed by atoms with E-state index in [9.17, 15) is 0 Å². The highest BCUT2D eigenvalue weighted by molar-refractivity contribution is 8.01. The van der Waals surface area contributed by atoms with Crippen molar-refractivity contribution in [1.29, 1.82) is 0 Å². The highest BCUT2D eigenvalue weighted by Gasteiger charge is 2.43. The quantitative estimate of drug-likeness (QED) is 0.182. The molecule has 3 aliphatic rings. The van der Waals surface area contributed by atoms with Gasteiger partial charge in [0.25, 0.3) is 0 Å². The van der Waals surface area contributed by atoms with Crippen molar-refractivity contribution in [3.63, 3.8) is 0 Å². The van der Waals surface area contributed by atoms with Gasteiger partial charge in [-0.3, -0.25) is 4.90 Å². The number of aromatic nitrogens is 2. The maximum Gasteiger partial charge on any atom is 0.228 e. The fraction of sp³-hybridized carbons (Fsp3) is 0. The van der Waals surface area contributed by atoms with Crippen LogP contribution in [0, 0.1) is 0 Å². The number of rotatable bonds is 2. The van der Waals surface area contributed by atoms with Crippen LogP contribution in [0.5, 0.6) is 11.5 Å². The maximum absolute atomic E-state index is 6.82. The normalized spacial score (nSPS) is 13.9. The molecule has 0 atom stereocenters. The fourth-order valence-corrected chi connectivity index (χ4v) is 10.7. The van der Waals surface area contributed by atoms with Crippen LogP contribution >= 0.6 is 34.9 Å². The van der Waals surface area contributed by atoms with Gasteiger partial charge in [-0.1, -0.05) is 66.0 Å². The van der Waals surface area contributed by atoms with Crippen molar-refractivity contribution < 1.29 is 13.6 Å². The third kappa shape index (κ3) is 3.23. The third-order valence-corrected chi connectivity index (χ3v) is 12.5. The summed E-state index contributed by atoms with van der Waals surface area (Å²) in [6.45, 7) is 0. The lowest BCUT2D eigenvalue weighted by molar-refractivity contribution is 0.473. The second-order valence-electron chi connectivity index (χ2n) is 11.7. The summed E-state index contributed by atoms with van der Waals surface area (Å²) in [4.78, 5) is 16.8. The third-order valence-electron chi connectivity index (χ3n) is 9.11. The summed E-state index contributed by atoms with van der Waals surface area (Å²) in [5, 5.41) is 3.11. The first kappa shape index (κ1) is 24.9. The SMILES string of the molecule is c1ccc2oc(-c3ccc4c5c3Sc3c(-c6nc7ccccc7s6)ccc6c3N5c3c(cc5c(oc7ccccc75)c3S4)O6)nc2c1. The molecular formula is C38H17N3O3S3. The minimum atomic E-state index is 0.606. The highest BCUT2D eigenvalue weighted by atomic mass is 32.2. The summed E-state index contributed by atoms with van der Waals surface area (Å²) < 4.78 is 21.0. The maximum atomic E-state index is 6.82. The molecule has 0 saturated heterocycles. The first-order chi connectivity index (χ1) is 23.3. The molecule has 0 fully saturated rings. The van der Waals surface area contributed by atoms with Gasteiger partial charge in [0.05, 0.1) is 36.2 Å². The van der Waals surface area contributed by atoms with Crippen LogP contribution < -0.4 is 9.64 Å². The van der Waals surface area contributed by atoms with Crippen molar-refractivity contribution in [2.75, 3.05) is 4.90 Å². The highest BCUT2D eigenvalue weighted by Crippen LogP contribution is 2.70. The molecule has 12 rings (SSSR count). The molecule has 9 aromatic rings. The number of oxazole rings is 1. The van der Waals surface area contributed by atoms with Crippen molar-refractivity contribution in [1.82, 2.24) is 9.97 Å². The number of ether oxygens (including phenoxy) is 1. The zero-order valence-electron chi connectivity index (χ0n) is 24.1. The Morgan fingerprint density at radius 1 is 0.574 bits per heavy atom. The second kappa shape index (κ2) is 8.77. The molecular weight excluding hydrogens is 643 g/mol. The summed E-state index contributed by atoms with van der Waals surface area (Å²) in [7, 11) is 0. The van der Waals surface area contributed by atoms with Crippen molar-refractivity contribution in [3.05, 3.63) is 103 Å². The van der Waals surface area contributed by atoms with Gasteiger partial charge in [0.15, 0.2) is 22.7 Å². The second-order valence-corrected chi connectivity index (χ2v) is 14.8. The van der Waals surface area contributed by atoms with Gasteiger partial charge in [-0.15, -0.1) is 11.3 Å². The molecule has 0 spiro atoms. The van der Waals surface area contributed by atoms with Crippen molar-refractivity contribution in [2.24, 2.45) is 0 Å². The Kier molecular flexibility index (Phi) is 4.65. The molecule has 47 heavy (non-hydrogen) atoms. The van der Waals surface area contributed by atoms with Gasteiger partial charge in [0.2, 0.25) is 5.89 Å². The van der Waals surface area contributed by atoms with E-state index in [1.807, 2.05) is 42.5 Å². The van der Waals surface area contributed by atoms with Gasteiger partial charge in [-0.25, -0.2) is 9.97 Å². The average molecular weight is 660 g/mol. The van der Waals surface area contributed by atoms with Crippen LogP contribution in [0.15, 0.2) is 132 Å². The molecule has 0 N–H and O–H groups in total. The smallest absolute Gasteiger partial charge is 0.228 e. The standard InChI is InChI=1S/C38H17N3O3S3/c1-4-10-24-18(7-1)21-17-27-31-36(33(21)43-24)45-29-16-14-19(37-39-22-8-2-5-11-25(22)44-37)34-32(29)41(31)30-26(42-27)15-13-20(35(30)47-34)38-40-23-9-3-6-12-28(23)46-38/h1-17H. The largest absolute Gasteiger partial charge is 0.455 e. The topological polar surface area (TPSA) is 64.5 Å². The fourth-order valence-electron chi connectivity index (χ4n) is 7.06. The molecule has 0 radical (unpaired) electrons. The Hall–Kier alpha value is -5.22. The molecule has 3 aliphatic heterocycles. The number of hydrogen-bond acceptors (Lipinski definition) is 9. The molecule has 6 heterocycles. The van der Waals surface area contributed by atoms with E-state index in [-0.39, 0.29) is 0 Å². The molecule has 220 valence electrons. The van der Waals surface area contributed by atoms with Crippen LogP contribution in [0.3, 0.4) is 0 Å². The summed E-state index contributed by atoms with van der Waals surface area (Å²) in [5.74, 6) is 2.24. The van der Waals surface area contributed by atoms with E-state index in [0.717, 1.165) is 108 Å². The number of furan rings is 1. The summed E-state index contributed by atoms with van der Waals surface area (Å²) >= 11 is 5.19. The van der Waals surface area contributed by atoms with Crippen LogP contribution in [-0.4, -0.2) is 9.97 Å². The first-order valence-corrected chi connectivity index (χ1v) is 17.6. The Balaban J connectivity index is 1.18. The molecule has 6 nitrogen and oxygen atoms in total. The number of thiazole rings is 1. The van der Waals surface area contributed by atoms with E-state index in [1.54, 1.807) is 34.9 Å². The minimum Gasteiger partial charge on any atom is -0.455 e. The van der Waals surface area contributed by atoms with Crippen molar-refractivity contribution in [2.45, 2.75) is 19.6 Å². The number of benzene rings is 6. The van der Waals surface area contributed by atoms with Gasteiger partial charge in [0.1, 0.15) is 27.5 Å². The van der Waals surface area contributed by atoms with Gasteiger partial charge in [-0.05, 0) is 60.7 Å². The summed E-state index contributed by atoms with van der Waals surface area (Å²) in [5.41, 5.74) is 9.52. The lowest BCUT2D eigenvalue weighted by atomic mass is 10.0. The van der Waals surface area contributed by atoms with Crippen LogP contribution in [-0.2, 0) is 0 Å². The number of fused-ring (bicyclic) bond motifs is 6. The molecule has 0 bridgehead atoms. The summed E-state index contributed by atoms with van der Waals surface area (Å²) in [6.07, 6.45) is 0. The Bertz CT molecular complexity index is 2710. The number of para-hydroxylation sites is 4. The number of nitrogens with zero attached hydrogens (tertiary/aromatic N) is 3. The first-order valence-electron chi connectivity index (χ1n) is 15.1. The Morgan fingerprint density at radius 2 is 1.36 bits per heavy atom. The predicted molar refractivity (Wildman–Crippen MR) is 188 cm³/mol. The van der Waals surface area contributed by atoms with Gasteiger partial charge in [-0.2, -0.15) is 0 Å². The van der Waals surface area contributed by atoms with E-state index in [0.29, 0.717) is 5.89 Å². The molecule has 6 aromatic carbocycles. The van der Waals surface area contributed by atoms with E-state index in [4.69, 9.17) is 23.5 Å². The van der Waals surface area contributed by atoms with Crippen LogP contribution in [0.2, 0.25) is 0 Å². The lowest BCUT2D eigenvalue weighted by Gasteiger charge is -2.43. The van der Waals surface area contributed by atoms with Gasteiger partial charge >= 0.3 is 0 Å². The number of hydrogen-bond donors (Lipinski definition) is 0. The van der Waals surface area contributed by atoms with E-state index in [1.165, 1.54) is 0 Å². The molecule has 0 aliphatic carbocycles. The molecule has 0 saturated carbocycles. The zero-order valence-corrected chi connectivity index (χ0v) is 26.6. The molecule has 0 amide bonds. The van der Waals surface area contributed by atoms with Crippen LogP contribution in [0.4, 0.5) is 17.1 Å². The lowest BCUT2D eigenvalue weighted by Crippen LogP contribution is -2.23. The predicted octanol–water partition coefficient (Wildman–Crippen LogP) is 12.2. The molecule has 9 heteroatoms. The van der Waals surface area contributed by atoms with E-state index >= 15 is 0 Å².